The zero-order valence-electron chi connectivity index (χ0n) is 6.80. The maximum atomic E-state index is 10.8. The van der Waals surface area contributed by atoms with Gasteiger partial charge in [0.2, 0.25) is 0 Å². The molecule has 0 unspecified atom stereocenters. The summed E-state index contributed by atoms with van der Waals surface area (Å²) in [7, 11) is 0. The first-order valence-electron chi connectivity index (χ1n) is 3.68. The molecule has 0 fully saturated rings. The maximum absolute atomic E-state index is 10.8. The lowest BCUT2D eigenvalue weighted by Crippen LogP contribution is -2.06. The van der Waals surface area contributed by atoms with Gasteiger partial charge < -0.3 is 9.84 Å². The molecule has 3 nitrogen and oxygen atoms in total. The van der Waals surface area contributed by atoms with Crippen LogP contribution in [0.4, 0.5) is 0 Å². The molecule has 0 bridgehead atoms. The van der Waals surface area contributed by atoms with Crippen LogP contribution in [0, 0.1) is 0 Å². The Balaban J connectivity index is 3.56. The second-order valence-electron chi connectivity index (χ2n) is 2.15. The van der Waals surface area contributed by atoms with E-state index in [0.717, 1.165) is 0 Å². The highest BCUT2D eigenvalue weighted by Crippen LogP contribution is 2.03. The lowest BCUT2D eigenvalue weighted by Gasteiger charge is -2.02. The fourth-order valence-electron chi connectivity index (χ4n) is 0.628. The Morgan fingerprint density at radius 3 is 2.73 bits per heavy atom. The highest BCUT2D eigenvalue weighted by molar-refractivity contribution is 5.87. The van der Waals surface area contributed by atoms with Crippen molar-refractivity contribution in [3.8, 4) is 0 Å². The van der Waals surface area contributed by atoms with E-state index in [4.69, 9.17) is 5.11 Å². The third-order valence-electron chi connectivity index (χ3n) is 1.20. The van der Waals surface area contributed by atoms with Crippen molar-refractivity contribution in [3.05, 3.63) is 12.2 Å². The van der Waals surface area contributed by atoms with E-state index >= 15 is 0 Å². The lowest BCUT2D eigenvalue weighted by molar-refractivity contribution is -0.138. The van der Waals surface area contributed by atoms with Gasteiger partial charge in [0.05, 0.1) is 6.61 Å². The van der Waals surface area contributed by atoms with Gasteiger partial charge in [0.25, 0.3) is 0 Å². The molecule has 0 amide bonds. The molecular formula is C8H14O3. The van der Waals surface area contributed by atoms with Gasteiger partial charge in [-0.05, 0) is 19.8 Å². The molecule has 1 N–H and O–H groups in total. The summed E-state index contributed by atoms with van der Waals surface area (Å²) in [6.45, 7) is 5.73. The van der Waals surface area contributed by atoms with Crippen LogP contribution in [0.5, 0.6) is 0 Å². The summed E-state index contributed by atoms with van der Waals surface area (Å²) < 4.78 is 4.68. The van der Waals surface area contributed by atoms with Gasteiger partial charge in [0, 0.05) is 12.2 Å². The molecule has 0 aliphatic carbocycles. The summed E-state index contributed by atoms with van der Waals surface area (Å²) in [5.74, 6) is -0.360. The summed E-state index contributed by atoms with van der Waals surface area (Å²) in [6.07, 6.45) is 1.08. The number of carbonyl (C=O) groups is 1. The molecule has 0 rings (SSSR count). The normalized spacial score (nSPS) is 9.27. The highest BCUT2D eigenvalue weighted by Gasteiger charge is 2.05. The van der Waals surface area contributed by atoms with Gasteiger partial charge in [0.15, 0.2) is 0 Å². The third kappa shape index (κ3) is 4.56. The summed E-state index contributed by atoms with van der Waals surface area (Å²) in [6, 6.07) is 0. The summed E-state index contributed by atoms with van der Waals surface area (Å²) in [4.78, 5) is 10.8. The van der Waals surface area contributed by atoms with E-state index in [1.807, 2.05) is 0 Å². The standard InChI is InChI=1S/C8H14O3/c1-3-11-8(10)7(2)5-4-6-9/h9H,2-6H2,1H3. The summed E-state index contributed by atoms with van der Waals surface area (Å²) in [5, 5.41) is 8.43. The van der Waals surface area contributed by atoms with Crippen molar-refractivity contribution in [2.45, 2.75) is 19.8 Å². The maximum Gasteiger partial charge on any atom is 0.333 e. The predicted molar refractivity (Wildman–Crippen MR) is 42.1 cm³/mol. The Morgan fingerprint density at radius 2 is 2.27 bits per heavy atom. The molecule has 0 radical (unpaired) electrons. The first kappa shape index (κ1) is 10.2. The van der Waals surface area contributed by atoms with Crippen molar-refractivity contribution in [2.75, 3.05) is 13.2 Å². The smallest absolute Gasteiger partial charge is 0.333 e. The molecule has 0 saturated heterocycles. The Labute approximate surface area is 66.7 Å². The molecule has 0 spiro atoms. The fourth-order valence-corrected chi connectivity index (χ4v) is 0.628. The molecular weight excluding hydrogens is 144 g/mol. The molecule has 0 aromatic rings. The molecule has 0 atom stereocenters. The van der Waals surface area contributed by atoms with Gasteiger partial charge in [-0.1, -0.05) is 6.58 Å². The van der Waals surface area contributed by atoms with Crippen molar-refractivity contribution in [1.82, 2.24) is 0 Å². The molecule has 11 heavy (non-hydrogen) atoms. The summed E-state index contributed by atoms with van der Waals surface area (Å²) in [5.41, 5.74) is 0.431. The van der Waals surface area contributed by atoms with Crippen molar-refractivity contribution in [2.24, 2.45) is 0 Å². The van der Waals surface area contributed by atoms with E-state index in [1.54, 1.807) is 6.92 Å². The number of hydrogen-bond donors (Lipinski definition) is 1. The number of rotatable bonds is 5. The van der Waals surface area contributed by atoms with Crippen LogP contribution in [0.3, 0.4) is 0 Å². The third-order valence-corrected chi connectivity index (χ3v) is 1.20. The Bertz CT molecular complexity index is 140. The van der Waals surface area contributed by atoms with Crippen LogP contribution in [0.25, 0.3) is 0 Å². The first-order valence-corrected chi connectivity index (χ1v) is 3.68. The molecule has 0 aromatic heterocycles. The SMILES string of the molecule is C=C(CCCO)C(=O)OCC. The molecule has 0 aliphatic rings. The Morgan fingerprint density at radius 1 is 1.64 bits per heavy atom. The second kappa shape index (κ2) is 5.92. The topological polar surface area (TPSA) is 46.5 Å². The van der Waals surface area contributed by atoms with E-state index in [2.05, 4.69) is 11.3 Å². The predicted octanol–water partition coefficient (Wildman–Crippen LogP) is 0.878. The average molecular weight is 158 g/mol. The fraction of sp³-hybridized carbons (Fsp3) is 0.625. The number of hydrogen-bond acceptors (Lipinski definition) is 3. The van der Waals surface area contributed by atoms with Crippen LogP contribution in [0.1, 0.15) is 19.8 Å². The van der Waals surface area contributed by atoms with Gasteiger partial charge in [-0.3, -0.25) is 0 Å². The minimum Gasteiger partial charge on any atom is -0.463 e. The van der Waals surface area contributed by atoms with Gasteiger partial charge in [0.1, 0.15) is 0 Å². The molecule has 0 heterocycles. The van der Waals surface area contributed by atoms with Crippen LogP contribution in [-0.4, -0.2) is 24.3 Å². The van der Waals surface area contributed by atoms with Crippen molar-refractivity contribution < 1.29 is 14.6 Å². The summed E-state index contributed by atoms with van der Waals surface area (Å²) >= 11 is 0. The molecule has 0 aliphatic heterocycles. The largest absolute Gasteiger partial charge is 0.463 e. The minimum absolute atomic E-state index is 0.0818. The minimum atomic E-state index is -0.360. The highest BCUT2D eigenvalue weighted by atomic mass is 16.5. The van der Waals surface area contributed by atoms with Crippen molar-refractivity contribution >= 4 is 5.97 Å². The molecule has 64 valence electrons. The second-order valence-corrected chi connectivity index (χ2v) is 2.15. The van der Waals surface area contributed by atoms with E-state index < -0.39 is 0 Å². The number of aliphatic hydroxyl groups excluding tert-OH is 1. The first-order chi connectivity index (χ1) is 5.22. The van der Waals surface area contributed by atoms with Crippen LogP contribution < -0.4 is 0 Å². The van der Waals surface area contributed by atoms with Crippen LogP contribution in [0.2, 0.25) is 0 Å². The van der Waals surface area contributed by atoms with Crippen molar-refractivity contribution in [1.29, 1.82) is 0 Å². The zero-order chi connectivity index (χ0) is 8.69. The van der Waals surface area contributed by atoms with Crippen LogP contribution >= 0.6 is 0 Å². The molecule has 3 heteroatoms. The number of ether oxygens (including phenoxy) is 1. The lowest BCUT2D eigenvalue weighted by atomic mass is 10.2. The molecule has 0 saturated carbocycles. The average Bonchev–Trinajstić information content (AvgIpc) is 2.00. The van der Waals surface area contributed by atoms with Crippen LogP contribution in [-0.2, 0) is 9.53 Å². The van der Waals surface area contributed by atoms with Crippen LogP contribution in [0.15, 0.2) is 12.2 Å². The monoisotopic (exact) mass is 158 g/mol. The van der Waals surface area contributed by atoms with Gasteiger partial charge in [-0.15, -0.1) is 0 Å². The van der Waals surface area contributed by atoms with Gasteiger partial charge >= 0.3 is 5.97 Å². The van der Waals surface area contributed by atoms with Gasteiger partial charge in [-0.2, -0.15) is 0 Å². The Kier molecular flexibility index (Phi) is 5.47. The number of aliphatic hydroxyl groups is 1. The number of esters is 1. The number of carbonyl (C=O) groups excluding carboxylic acids is 1. The quantitative estimate of drug-likeness (QED) is 0.477. The zero-order valence-corrected chi connectivity index (χ0v) is 6.80. The van der Waals surface area contributed by atoms with E-state index in [0.29, 0.717) is 25.0 Å². The molecule has 0 aromatic carbocycles. The van der Waals surface area contributed by atoms with E-state index in [1.165, 1.54) is 0 Å². The Hall–Kier alpha value is -0.830. The van der Waals surface area contributed by atoms with E-state index in [-0.39, 0.29) is 12.6 Å². The van der Waals surface area contributed by atoms with Gasteiger partial charge in [-0.25, -0.2) is 4.79 Å². The van der Waals surface area contributed by atoms with Crippen molar-refractivity contribution in [3.63, 3.8) is 0 Å². The van der Waals surface area contributed by atoms with E-state index in [9.17, 15) is 4.79 Å².